The zero-order valence-electron chi connectivity index (χ0n) is 9.56. The molecule has 3 nitrogen and oxygen atoms in total. The number of halogens is 1. The zero-order valence-corrected chi connectivity index (χ0v) is 11.1. The van der Waals surface area contributed by atoms with E-state index in [-0.39, 0.29) is 5.91 Å². The van der Waals surface area contributed by atoms with E-state index in [1.54, 1.807) is 18.3 Å². The fourth-order valence-electron chi connectivity index (χ4n) is 1.39. The smallest absolute Gasteiger partial charge is 0.247 e. The Bertz CT molecular complexity index is 550. The first kappa shape index (κ1) is 12.5. The molecule has 4 heteroatoms. The van der Waals surface area contributed by atoms with Crippen LogP contribution in [-0.4, -0.2) is 5.91 Å². The molecule has 0 radical (unpaired) electrons. The molecular weight excluding hydrogens is 292 g/mol. The summed E-state index contributed by atoms with van der Waals surface area (Å²) in [6, 6.07) is 13.2. The molecule has 0 saturated heterocycles. The Morgan fingerprint density at radius 2 is 1.94 bits per heavy atom. The van der Waals surface area contributed by atoms with E-state index in [1.807, 2.05) is 36.4 Å². The largest absolute Gasteiger partial charge is 0.331 e. The minimum absolute atomic E-state index is 0.166. The van der Waals surface area contributed by atoms with Gasteiger partial charge in [-0.15, -0.1) is 0 Å². The lowest BCUT2D eigenvalue weighted by Gasteiger charge is -1.94. The molecule has 2 N–H and O–H groups in total. The van der Waals surface area contributed by atoms with Gasteiger partial charge in [0.2, 0.25) is 0 Å². The highest BCUT2D eigenvalue weighted by Crippen LogP contribution is 2.11. The van der Waals surface area contributed by atoms with Gasteiger partial charge in [0.25, 0.3) is 5.82 Å². The second-order valence-corrected chi connectivity index (χ2v) is 4.57. The number of nitrogens with one attached hydrogen (secondary N) is 2. The molecule has 1 heterocycles. The molecule has 0 atom stereocenters. The second-order valence-electron chi connectivity index (χ2n) is 3.65. The number of rotatable bonds is 3. The number of amides is 1. The van der Waals surface area contributed by atoms with Crippen molar-refractivity contribution in [3.63, 3.8) is 0 Å². The van der Waals surface area contributed by atoms with E-state index >= 15 is 0 Å². The van der Waals surface area contributed by atoms with Crippen LogP contribution in [0.5, 0.6) is 0 Å². The number of hydrogen-bond acceptors (Lipinski definition) is 1. The van der Waals surface area contributed by atoms with Crippen LogP contribution in [0.15, 0.2) is 59.2 Å². The maximum atomic E-state index is 11.6. The number of pyridine rings is 1. The molecule has 0 aliphatic rings. The first-order valence-electron chi connectivity index (χ1n) is 5.45. The molecule has 0 saturated carbocycles. The number of carbonyl (C=O) groups excluding carboxylic acids is 1. The molecule has 0 aliphatic carbocycles. The van der Waals surface area contributed by atoms with Crippen molar-refractivity contribution in [2.75, 3.05) is 5.32 Å². The number of anilines is 1. The number of hydrogen-bond donors (Lipinski definition) is 1. The molecule has 18 heavy (non-hydrogen) atoms. The first-order valence-corrected chi connectivity index (χ1v) is 6.25. The van der Waals surface area contributed by atoms with Gasteiger partial charge in [-0.2, -0.15) is 0 Å². The summed E-state index contributed by atoms with van der Waals surface area (Å²) in [5.41, 5.74) is 0.977. The van der Waals surface area contributed by atoms with Crippen molar-refractivity contribution in [1.29, 1.82) is 0 Å². The van der Waals surface area contributed by atoms with Gasteiger partial charge in [-0.25, -0.2) is 15.1 Å². The van der Waals surface area contributed by atoms with Crippen molar-refractivity contribution in [2.24, 2.45) is 0 Å². The van der Waals surface area contributed by atoms with E-state index in [4.69, 9.17) is 0 Å². The standard InChI is InChI=1S/C14H11BrN2O/c15-12-7-4-11(5-8-12)6-9-14(18)17-13-3-1-2-10-16-13/h1-10H,(H,16,17,18)/p+1. The minimum Gasteiger partial charge on any atom is -0.247 e. The van der Waals surface area contributed by atoms with Crippen LogP contribution < -0.4 is 10.3 Å². The molecule has 0 unspecified atom stereocenters. The van der Waals surface area contributed by atoms with E-state index in [1.165, 1.54) is 6.08 Å². The number of aromatic nitrogens is 1. The molecule has 2 aromatic rings. The topological polar surface area (TPSA) is 43.2 Å². The van der Waals surface area contributed by atoms with E-state index in [0.717, 1.165) is 10.0 Å². The molecular formula is C14H12BrN2O+. The molecule has 1 aromatic heterocycles. The van der Waals surface area contributed by atoms with Crippen molar-refractivity contribution in [1.82, 2.24) is 0 Å². The van der Waals surface area contributed by atoms with Gasteiger partial charge in [0.15, 0.2) is 0 Å². The van der Waals surface area contributed by atoms with Crippen LogP contribution in [0.25, 0.3) is 6.08 Å². The van der Waals surface area contributed by atoms with Crippen LogP contribution in [0.1, 0.15) is 5.56 Å². The second kappa shape index (κ2) is 6.12. The third-order valence-electron chi connectivity index (χ3n) is 2.26. The summed E-state index contributed by atoms with van der Waals surface area (Å²) in [6.45, 7) is 0. The molecule has 0 spiro atoms. The SMILES string of the molecule is O=C(C=Cc1ccc(Br)cc1)Nc1cccc[nH+]1. The van der Waals surface area contributed by atoms with Crippen molar-refractivity contribution in [2.45, 2.75) is 0 Å². The predicted octanol–water partition coefficient (Wildman–Crippen LogP) is 2.92. The van der Waals surface area contributed by atoms with E-state index in [9.17, 15) is 4.79 Å². The summed E-state index contributed by atoms with van der Waals surface area (Å²) in [6.07, 6.45) is 5.03. The van der Waals surface area contributed by atoms with Crippen molar-refractivity contribution < 1.29 is 9.78 Å². The highest BCUT2D eigenvalue weighted by molar-refractivity contribution is 9.10. The third-order valence-corrected chi connectivity index (χ3v) is 2.79. The lowest BCUT2D eigenvalue weighted by molar-refractivity contribution is -0.360. The van der Waals surface area contributed by atoms with Crippen LogP contribution in [0.3, 0.4) is 0 Å². The fraction of sp³-hybridized carbons (Fsp3) is 0. The van der Waals surface area contributed by atoms with Gasteiger partial charge in [0.1, 0.15) is 0 Å². The Kier molecular flexibility index (Phi) is 4.25. The quantitative estimate of drug-likeness (QED) is 0.871. The number of aromatic amines is 1. The lowest BCUT2D eigenvalue weighted by Crippen LogP contribution is -2.16. The average molecular weight is 304 g/mol. The summed E-state index contributed by atoms with van der Waals surface area (Å²) < 4.78 is 1.02. The molecule has 0 aliphatic heterocycles. The number of H-pyrrole nitrogens is 1. The summed E-state index contributed by atoms with van der Waals surface area (Å²) in [4.78, 5) is 14.6. The summed E-state index contributed by atoms with van der Waals surface area (Å²) >= 11 is 3.36. The summed E-state index contributed by atoms with van der Waals surface area (Å²) in [5.74, 6) is 0.503. The Morgan fingerprint density at radius 3 is 2.61 bits per heavy atom. The predicted molar refractivity (Wildman–Crippen MR) is 74.8 cm³/mol. The van der Waals surface area contributed by atoms with Crippen LogP contribution in [0.2, 0.25) is 0 Å². The Labute approximate surface area is 114 Å². The zero-order chi connectivity index (χ0) is 12.8. The summed E-state index contributed by atoms with van der Waals surface area (Å²) in [5, 5.41) is 2.73. The molecule has 0 fully saturated rings. The monoisotopic (exact) mass is 303 g/mol. The number of benzene rings is 1. The normalized spacial score (nSPS) is 10.5. The first-order chi connectivity index (χ1) is 8.74. The molecule has 2 rings (SSSR count). The highest BCUT2D eigenvalue weighted by atomic mass is 79.9. The maximum Gasteiger partial charge on any atom is 0.331 e. The summed E-state index contributed by atoms with van der Waals surface area (Å²) in [7, 11) is 0. The molecule has 90 valence electrons. The number of carbonyl (C=O) groups is 1. The van der Waals surface area contributed by atoms with Gasteiger partial charge in [-0.3, -0.25) is 0 Å². The fourth-order valence-corrected chi connectivity index (χ4v) is 1.66. The Morgan fingerprint density at radius 1 is 1.17 bits per heavy atom. The van der Waals surface area contributed by atoms with Crippen molar-refractivity contribution in [3.05, 3.63) is 64.8 Å². The van der Waals surface area contributed by atoms with Crippen LogP contribution in [0, 0.1) is 0 Å². The van der Waals surface area contributed by atoms with Gasteiger partial charge in [-0.05, 0) is 29.8 Å². The van der Waals surface area contributed by atoms with E-state index in [0.29, 0.717) is 5.82 Å². The minimum atomic E-state index is -0.166. The third kappa shape index (κ3) is 3.82. The van der Waals surface area contributed by atoms with Gasteiger partial charge in [0, 0.05) is 16.6 Å². The van der Waals surface area contributed by atoms with Gasteiger partial charge in [0.05, 0.1) is 6.20 Å². The average Bonchev–Trinajstić information content (AvgIpc) is 2.39. The van der Waals surface area contributed by atoms with Crippen molar-refractivity contribution in [3.8, 4) is 0 Å². The van der Waals surface area contributed by atoms with Gasteiger partial charge in [-0.1, -0.05) is 34.1 Å². The molecule has 1 aromatic carbocycles. The van der Waals surface area contributed by atoms with Crippen LogP contribution >= 0.6 is 15.9 Å². The Balaban J connectivity index is 1.97. The van der Waals surface area contributed by atoms with Crippen LogP contribution in [-0.2, 0) is 4.79 Å². The van der Waals surface area contributed by atoms with E-state index < -0.39 is 0 Å². The van der Waals surface area contributed by atoms with Gasteiger partial charge >= 0.3 is 5.91 Å². The Hall–Kier alpha value is -1.94. The maximum absolute atomic E-state index is 11.6. The molecule has 0 bridgehead atoms. The molecule has 1 amide bonds. The highest BCUT2D eigenvalue weighted by Gasteiger charge is 2.04. The van der Waals surface area contributed by atoms with Crippen LogP contribution in [0.4, 0.5) is 5.82 Å². The van der Waals surface area contributed by atoms with Gasteiger partial charge < -0.3 is 0 Å². The lowest BCUT2D eigenvalue weighted by atomic mass is 10.2. The van der Waals surface area contributed by atoms with E-state index in [2.05, 4.69) is 26.2 Å². The van der Waals surface area contributed by atoms with Crippen molar-refractivity contribution >= 4 is 33.7 Å².